The molecular weight excluding hydrogens is 422 g/mol. The highest BCUT2D eigenvalue weighted by molar-refractivity contribution is 7.90. The van der Waals surface area contributed by atoms with Crippen LogP contribution in [-0.2, 0) is 24.3 Å². The van der Waals surface area contributed by atoms with Crippen molar-refractivity contribution in [2.75, 3.05) is 11.9 Å². The summed E-state index contributed by atoms with van der Waals surface area (Å²) in [6.07, 6.45) is -1.24. The number of para-hydroxylation sites is 1. The molecule has 162 valence electrons. The van der Waals surface area contributed by atoms with Gasteiger partial charge in [-0.3, -0.25) is 24.1 Å². The molecule has 0 bridgehead atoms. The maximum Gasteiger partial charge on any atom is 0.308 e. The van der Waals surface area contributed by atoms with Crippen molar-refractivity contribution in [1.82, 2.24) is 4.72 Å². The van der Waals surface area contributed by atoms with Gasteiger partial charge in [-0.15, -0.1) is 0 Å². The minimum absolute atomic E-state index is 0.0213. The molecule has 1 amide bonds. The number of carbonyl (C=O) groups excluding carboxylic acids is 3. The number of carbonyl (C=O) groups is 3. The first kappa shape index (κ1) is 22.2. The molecule has 0 saturated heterocycles. The van der Waals surface area contributed by atoms with Crippen LogP contribution < -0.4 is 10.0 Å². The first-order chi connectivity index (χ1) is 14.7. The summed E-state index contributed by atoms with van der Waals surface area (Å²) in [5, 5.41) is 2.58. The molecule has 9 nitrogen and oxygen atoms in total. The molecule has 0 aromatic heterocycles. The molecular formula is C21H21N3O6S. The summed E-state index contributed by atoms with van der Waals surface area (Å²) in [5.41, 5.74) is 1.12. The third-order valence-electron chi connectivity index (χ3n) is 4.49. The number of hydrogen-bond donors (Lipinski definition) is 2. The Balaban J connectivity index is 1.55. The van der Waals surface area contributed by atoms with E-state index in [1.807, 2.05) is 0 Å². The summed E-state index contributed by atoms with van der Waals surface area (Å²) >= 11 is 0. The lowest BCUT2D eigenvalue weighted by molar-refractivity contribution is -0.152. The van der Waals surface area contributed by atoms with Crippen LogP contribution in [0.5, 0.6) is 0 Å². The van der Waals surface area contributed by atoms with Gasteiger partial charge < -0.3 is 10.1 Å². The Kier molecular flexibility index (Phi) is 6.50. The van der Waals surface area contributed by atoms with Crippen molar-refractivity contribution in [2.24, 2.45) is 4.99 Å². The quantitative estimate of drug-likeness (QED) is 0.496. The molecule has 10 heteroatoms. The van der Waals surface area contributed by atoms with E-state index in [2.05, 4.69) is 15.0 Å². The van der Waals surface area contributed by atoms with Crippen LogP contribution in [0.25, 0.3) is 0 Å². The zero-order valence-corrected chi connectivity index (χ0v) is 17.7. The van der Waals surface area contributed by atoms with Crippen LogP contribution in [0.15, 0.2) is 58.4 Å². The fourth-order valence-corrected chi connectivity index (χ4v) is 4.20. The van der Waals surface area contributed by atoms with Gasteiger partial charge >= 0.3 is 5.97 Å². The molecule has 31 heavy (non-hydrogen) atoms. The fraction of sp³-hybridized carbons (Fsp3) is 0.238. The molecule has 0 spiro atoms. The van der Waals surface area contributed by atoms with Gasteiger partial charge in [0.05, 0.1) is 23.5 Å². The summed E-state index contributed by atoms with van der Waals surface area (Å²) in [7, 11) is -3.65. The van der Waals surface area contributed by atoms with E-state index in [1.54, 1.807) is 42.5 Å². The Morgan fingerprint density at radius 1 is 1.10 bits per heavy atom. The van der Waals surface area contributed by atoms with Crippen molar-refractivity contribution in [3.63, 3.8) is 0 Å². The Hall–Kier alpha value is -3.53. The second-order valence-electron chi connectivity index (χ2n) is 6.81. The second kappa shape index (κ2) is 9.09. The normalized spacial score (nSPS) is 16.1. The zero-order chi connectivity index (χ0) is 22.6. The standard InChI is InChI=1S/C21H21N3O6S/c1-13(25)15-7-3-5-9-17(15)23-21(27)14(2)30-19(26)11-12-22-20-16-8-4-6-10-18(16)31(28,29)24-20/h3-10,14H,11-12H2,1-2H3,(H,22,24)(H,23,27). The van der Waals surface area contributed by atoms with E-state index >= 15 is 0 Å². The monoisotopic (exact) mass is 443 g/mol. The molecule has 3 rings (SSSR count). The Morgan fingerprint density at radius 2 is 1.77 bits per heavy atom. The minimum Gasteiger partial charge on any atom is -0.452 e. The lowest BCUT2D eigenvalue weighted by Gasteiger charge is -2.14. The predicted octanol–water partition coefficient (Wildman–Crippen LogP) is 1.89. The highest BCUT2D eigenvalue weighted by Gasteiger charge is 2.30. The van der Waals surface area contributed by atoms with Crippen molar-refractivity contribution in [2.45, 2.75) is 31.3 Å². The summed E-state index contributed by atoms with van der Waals surface area (Å²) in [4.78, 5) is 40.3. The number of esters is 1. The predicted molar refractivity (Wildman–Crippen MR) is 113 cm³/mol. The Morgan fingerprint density at radius 3 is 2.52 bits per heavy atom. The lowest BCUT2D eigenvalue weighted by Crippen LogP contribution is -2.30. The molecule has 1 heterocycles. The van der Waals surface area contributed by atoms with Gasteiger partial charge in [0.15, 0.2) is 11.9 Å². The van der Waals surface area contributed by atoms with Gasteiger partial charge in [0.25, 0.3) is 15.9 Å². The number of hydrogen-bond acceptors (Lipinski definition) is 7. The number of amidine groups is 1. The van der Waals surface area contributed by atoms with E-state index < -0.39 is 28.0 Å². The number of fused-ring (bicyclic) bond motifs is 1. The Bertz CT molecular complexity index is 1170. The molecule has 0 saturated carbocycles. The molecule has 2 aromatic rings. The van der Waals surface area contributed by atoms with Gasteiger partial charge in [0.2, 0.25) is 0 Å². The number of aliphatic imine (C=N–C) groups is 1. The average molecular weight is 443 g/mol. The van der Waals surface area contributed by atoms with Gasteiger partial charge in [-0.2, -0.15) is 0 Å². The van der Waals surface area contributed by atoms with Gasteiger partial charge in [-0.05, 0) is 38.1 Å². The van der Waals surface area contributed by atoms with Gasteiger partial charge in [0, 0.05) is 11.1 Å². The van der Waals surface area contributed by atoms with E-state index in [1.165, 1.54) is 19.9 Å². The van der Waals surface area contributed by atoms with E-state index in [0.717, 1.165) is 0 Å². The van der Waals surface area contributed by atoms with E-state index in [0.29, 0.717) is 16.8 Å². The van der Waals surface area contributed by atoms with Gasteiger partial charge in [-0.25, -0.2) is 8.42 Å². The van der Waals surface area contributed by atoms with Crippen LogP contribution in [0.1, 0.15) is 36.2 Å². The van der Waals surface area contributed by atoms with Crippen molar-refractivity contribution in [1.29, 1.82) is 0 Å². The van der Waals surface area contributed by atoms with Crippen LogP contribution in [0, 0.1) is 0 Å². The number of ether oxygens (including phenoxy) is 1. The van der Waals surface area contributed by atoms with Crippen LogP contribution in [0.4, 0.5) is 5.69 Å². The number of anilines is 1. The van der Waals surface area contributed by atoms with Crippen molar-refractivity contribution < 1.29 is 27.5 Å². The molecule has 1 aliphatic rings. The number of benzene rings is 2. The number of ketones is 1. The highest BCUT2D eigenvalue weighted by Crippen LogP contribution is 2.22. The SMILES string of the molecule is CC(=O)c1ccccc1NC(=O)C(C)OC(=O)CCN=C1NS(=O)(=O)c2ccccc21. The molecule has 1 aliphatic heterocycles. The smallest absolute Gasteiger partial charge is 0.308 e. The average Bonchev–Trinajstić information content (AvgIpc) is 2.98. The van der Waals surface area contributed by atoms with E-state index in [9.17, 15) is 22.8 Å². The third kappa shape index (κ3) is 5.15. The highest BCUT2D eigenvalue weighted by atomic mass is 32.2. The minimum atomic E-state index is -3.65. The maximum absolute atomic E-state index is 12.3. The van der Waals surface area contributed by atoms with Crippen LogP contribution in [0.3, 0.4) is 0 Å². The Labute approximate surface area is 179 Å². The second-order valence-corrected chi connectivity index (χ2v) is 8.46. The topological polar surface area (TPSA) is 131 Å². The number of nitrogens with one attached hydrogen (secondary N) is 2. The molecule has 2 N–H and O–H groups in total. The molecule has 0 aliphatic carbocycles. The number of nitrogens with zero attached hydrogens (tertiary/aromatic N) is 1. The fourth-order valence-electron chi connectivity index (χ4n) is 2.95. The zero-order valence-electron chi connectivity index (χ0n) is 16.9. The van der Waals surface area contributed by atoms with Crippen molar-refractivity contribution in [3.8, 4) is 0 Å². The molecule has 2 aromatic carbocycles. The first-order valence-corrected chi connectivity index (χ1v) is 10.9. The van der Waals surface area contributed by atoms with Gasteiger partial charge in [0.1, 0.15) is 5.84 Å². The summed E-state index contributed by atoms with van der Waals surface area (Å²) < 4.78 is 31.6. The maximum atomic E-state index is 12.3. The largest absolute Gasteiger partial charge is 0.452 e. The summed E-state index contributed by atoms with van der Waals surface area (Å²) in [6, 6.07) is 12.9. The van der Waals surface area contributed by atoms with E-state index in [-0.39, 0.29) is 29.5 Å². The lowest BCUT2D eigenvalue weighted by atomic mass is 10.1. The number of sulfonamides is 1. The van der Waals surface area contributed by atoms with Crippen molar-refractivity contribution in [3.05, 3.63) is 59.7 Å². The number of amides is 1. The van der Waals surface area contributed by atoms with Crippen LogP contribution in [-0.4, -0.2) is 44.6 Å². The number of Topliss-reactive ketones (excluding diaryl/α,β-unsaturated/α-hetero) is 1. The molecule has 1 unspecified atom stereocenters. The van der Waals surface area contributed by atoms with Crippen LogP contribution in [0.2, 0.25) is 0 Å². The van der Waals surface area contributed by atoms with Crippen molar-refractivity contribution >= 4 is 39.2 Å². The molecule has 0 fully saturated rings. The van der Waals surface area contributed by atoms with E-state index in [4.69, 9.17) is 4.74 Å². The summed E-state index contributed by atoms with van der Waals surface area (Å²) in [5.74, 6) is -1.29. The van der Waals surface area contributed by atoms with Gasteiger partial charge in [-0.1, -0.05) is 24.3 Å². The third-order valence-corrected chi connectivity index (χ3v) is 5.89. The first-order valence-electron chi connectivity index (χ1n) is 9.46. The molecule has 1 atom stereocenters. The van der Waals surface area contributed by atoms with Crippen LogP contribution >= 0.6 is 0 Å². The number of rotatable bonds is 7. The molecule has 0 radical (unpaired) electrons. The summed E-state index contributed by atoms with van der Waals surface area (Å²) in [6.45, 7) is 2.78.